The number of nitrogens with one attached hydrogen (secondary N) is 3. The van der Waals surface area contributed by atoms with E-state index in [1.807, 2.05) is 22.9 Å². The largest absolute Gasteiger partial charge is 0.453 e. The summed E-state index contributed by atoms with van der Waals surface area (Å²) in [5.74, 6) is 2.00. The molecule has 4 aromatic rings. The van der Waals surface area contributed by atoms with Gasteiger partial charge in [-0.3, -0.25) is 9.59 Å². The van der Waals surface area contributed by atoms with E-state index >= 15 is 0 Å². The smallest absolute Gasteiger partial charge is 0.407 e. The van der Waals surface area contributed by atoms with Crippen LogP contribution in [0.3, 0.4) is 0 Å². The van der Waals surface area contributed by atoms with E-state index in [4.69, 9.17) is 19.4 Å². The zero-order valence-electron chi connectivity index (χ0n) is 33.3. The van der Waals surface area contributed by atoms with Crippen molar-refractivity contribution in [1.82, 2.24) is 35.1 Å². The molecule has 12 nitrogen and oxygen atoms in total. The van der Waals surface area contributed by atoms with Crippen LogP contribution in [0.15, 0.2) is 54.7 Å². The van der Waals surface area contributed by atoms with E-state index in [1.54, 1.807) is 0 Å². The number of imidazole rings is 2. The molecule has 0 radical (unpaired) electrons. The van der Waals surface area contributed by atoms with Crippen molar-refractivity contribution >= 4 is 17.9 Å². The fraction of sp³-hybridized carbons (Fsp3) is 0.523. The quantitative estimate of drug-likeness (QED) is 0.172. The summed E-state index contributed by atoms with van der Waals surface area (Å²) in [6, 6.07) is 16.0. The molecule has 3 aliphatic heterocycles. The highest BCUT2D eigenvalue weighted by molar-refractivity contribution is 5.86. The number of ether oxygens (including phenoxy) is 2. The summed E-state index contributed by atoms with van der Waals surface area (Å²) in [6.07, 6.45) is 10.4. The van der Waals surface area contributed by atoms with E-state index in [9.17, 15) is 14.4 Å². The normalized spacial score (nSPS) is 21.6. The highest BCUT2D eigenvalue weighted by Gasteiger charge is 2.37. The molecule has 3 N–H and O–H groups in total. The second-order valence-electron chi connectivity index (χ2n) is 16.0. The Kier molecular flexibility index (Phi) is 12.5. The maximum atomic E-state index is 13.9. The summed E-state index contributed by atoms with van der Waals surface area (Å²) in [5, 5.41) is 2.80. The van der Waals surface area contributed by atoms with Gasteiger partial charge in [-0.25, -0.2) is 14.8 Å². The number of likely N-dealkylation sites (tertiary alicyclic amines) is 1. The number of fused-ring (bicyclic) bond motifs is 4. The van der Waals surface area contributed by atoms with Crippen molar-refractivity contribution in [3.8, 4) is 33.6 Å². The minimum atomic E-state index is -0.634. The first kappa shape index (κ1) is 39.3. The van der Waals surface area contributed by atoms with E-state index in [-0.39, 0.29) is 29.8 Å². The van der Waals surface area contributed by atoms with Gasteiger partial charge in [0.05, 0.1) is 42.9 Å². The zero-order valence-corrected chi connectivity index (χ0v) is 33.3. The number of carbonyl (C=O) groups excluding carboxylic acids is 3. The summed E-state index contributed by atoms with van der Waals surface area (Å²) in [4.78, 5) is 60.2. The molecule has 2 aromatic heterocycles. The van der Waals surface area contributed by atoms with Crippen LogP contribution in [0.25, 0.3) is 33.6 Å². The monoisotopic (exact) mass is 763 g/mol. The molecule has 3 amide bonds. The van der Waals surface area contributed by atoms with Crippen LogP contribution in [0.2, 0.25) is 0 Å². The predicted octanol–water partition coefficient (Wildman–Crippen LogP) is 8.35. The van der Waals surface area contributed by atoms with Crippen LogP contribution in [0.1, 0.15) is 114 Å². The van der Waals surface area contributed by atoms with Crippen LogP contribution in [0.5, 0.6) is 0 Å². The molecular formula is C44H57N7O5. The number of aromatic amines is 2. The molecule has 2 aromatic carbocycles. The van der Waals surface area contributed by atoms with E-state index in [0.29, 0.717) is 32.1 Å². The van der Waals surface area contributed by atoms with Crippen LogP contribution in [-0.4, -0.2) is 80.5 Å². The number of H-pyrrole nitrogens is 2. The highest BCUT2D eigenvalue weighted by Crippen LogP contribution is 2.36. The predicted molar refractivity (Wildman–Crippen MR) is 215 cm³/mol. The molecule has 5 heterocycles. The molecule has 56 heavy (non-hydrogen) atoms. The van der Waals surface area contributed by atoms with Crippen LogP contribution < -0.4 is 5.32 Å². The molecule has 0 aliphatic carbocycles. The van der Waals surface area contributed by atoms with Crippen LogP contribution in [0, 0.1) is 11.8 Å². The molecule has 3 aliphatic rings. The van der Waals surface area contributed by atoms with Crippen molar-refractivity contribution in [2.45, 2.75) is 110 Å². The summed E-state index contributed by atoms with van der Waals surface area (Å²) >= 11 is 0. The maximum absolute atomic E-state index is 13.9. The lowest BCUT2D eigenvalue weighted by Crippen LogP contribution is -2.48. The second-order valence-corrected chi connectivity index (χ2v) is 16.0. The standard InChI is InChI=1S/C44H57N7O5/c1-28(2)29(3)42(52)50-23-10-13-37(50)40-45-26-35(46-40)32-19-15-30(16-20-32)31-17-21-33(22-18-31)39-36-27-56-25-9-7-5-6-8-12-34(48-44(54)55-4)43(53)51-24-11-14-38(51)41(47-36)49-39/h15-22,26,28-29,34,37-38H,5-14,23-25,27H2,1-4H3,(H,45,46)(H,47,49)(H,48,54)/t29-,34-,37-,38-/m0/s1. The van der Waals surface area contributed by atoms with Crippen molar-refractivity contribution in [1.29, 1.82) is 0 Å². The minimum absolute atomic E-state index is 0.0141. The summed E-state index contributed by atoms with van der Waals surface area (Å²) in [6.45, 7) is 8.68. The Bertz CT molecular complexity index is 1950. The number of hydrogen-bond donors (Lipinski definition) is 3. The third-order valence-corrected chi connectivity index (χ3v) is 12.0. The third-order valence-electron chi connectivity index (χ3n) is 12.0. The Morgan fingerprint density at radius 3 is 2.20 bits per heavy atom. The molecule has 0 spiro atoms. The van der Waals surface area contributed by atoms with E-state index in [0.717, 1.165) is 115 Å². The molecule has 4 atom stereocenters. The molecule has 2 bridgehead atoms. The molecule has 0 unspecified atom stereocenters. The number of alkyl carbamates (subject to hydrolysis) is 1. The molecular weight excluding hydrogens is 707 g/mol. The Morgan fingerprint density at radius 1 is 0.804 bits per heavy atom. The molecule has 0 saturated carbocycles. The minimum Gasteiger partial charge on any atom is -0.453 e. The number of rotatable bonds is 7. The number of aromatic nitrogens is 4. The Labute approximate surface area is 330 Å². The molecule has 2 saturated heterocycles. The van der Waals surface area contributed by atoms with Crippen LogP contribution in [-0.2, 0) is 25.7 Å². The third kappa shape index (κ3) is 8.70. The average molecular weight is 764 g/mol. The van der Waals surface area contributed by atoms with Gasteiger partial charge in [0, 0.05) is 42.9 Å². The van der Waals surface area contributed by atoms with Gasteiger partial charge in [-0.05, 0) is 55.6 Å². The van der Waals surface area contributed by atoms with Crippen LogP contribution >= 0.6 is 0 Å². The van der Waals surface area contributed by atoms with E-state index in [2.05, 4.69) is 77.7 Å². The lowest BCUT2D eigenvalue weighted by molar-refractivity contribution is -0.137. The summed E-state index contributed by atoms with van der Waals surface area (Å²) < 4.78 is 11.0. The Hall–Kier alpha value is -4.97. The first-order chi connectivity index (χ1) is 27.2. The number of hydrogen-bond acceptors (Lipinski definition) is 7. The van der Waals surface area contributed by atoms with E-state index < -0.39 is 12.1 Å². The fourth-order valence-corrected chi connectivity index (χ4v) is 8.33. The molecule has 298 valence electrons. The summed E-state index contributed by atoms with van der Waals surface area (Å²) in [5.41, 5.74) is 6.74. The second kappa shape index (κ2) is 17.9. The lowest BCUT2D eigenvalue weighted by atomic mass is 9.96. The number of carbonyl (C=O) groups is 3. The summed E-state index contributed by atoms with van der Waals surface area (Å²) in [7, 11) is 1.33. The number of benzene rings is 2. The van der Waals surface area contributed by atoms with Crippen LogP contribution in [0.4, 0.5) is 4.79 Å². The van der Waals surface area contributed by atoms with E-state index in [1.165, 1.54) is 7.11 Å². The fourth-order valence-electron chi connectivity index (χ4n) is 8.33. The average Bonchev–Trinajstić information content (AvgIpc) is 4.05. The van der Waals surface area contributed by atoms with Gasteiger partial charge in [-0.1, -0.05) is 95.0 Å². The Balaban J connectivity index is 1.08. The van der Waals surface area contributed by atoms with Gasteiger partial charge in [0.1, 0.15) is 17.7 Å². The number of nitrogens with zero attached hydrogens (tertiary/aromatic N) is 4. The van der Waals surface area contributed by atoms with Crippen molar-refractivity contribution in [2.24, 2.45) is 11.8 Å². The van der Waals surface area contributed by atoms with Crippen molar-refractivity contribution < 1.29 is 23.9 Å². The van der Waals surface area contributed by atoms with Gasteiger partial charge in [0.25, 0.3) is 0 Å². The topological polar surface area (TPSA) is 146 Å². The molecule has 7 rings (SSSR count). The van der Waals surface area contributed by atoms with Crippen molar-refractivity contribution in [3.05, 3.63) is 72.1 Å². The van der Waals surface area contributed by atoms with Gasteiger partial charge >= 0.3 is 6.09 Å². The van der Waals surface area contributed by atoms with Crippen molar-refractivity contribution in [3.63, 3.8) is 0 Å². The zero-order chi connectivity index (χ0) is 39.2. The molecule has 12 heteroatoms. The molecule has 2 fully saturated rings. The number of amides is 3. The van der Waals surface area contributed by atoms with Gasteiger partial charge in [0.15, 0.2) is 0 Å². The SMILES string of the molecule is COC(=O)N[C@H]1CCCCCCCOCc2[nH]c(nc2-c2ccc(-c3ccc(-c4c[nH]c([C@@H]5CCCN5C(=O)[C@@H](C)C(C)C)n4)cc3)cc2)[C@@H]2CCCN2C1=O. The van der Waals surface area contributed by atoms with Gasteiger partial charge in [0.2, 0.25) is 11.8 Å². The van der Waals surface area contributed by atoms with Gasteiger partial charge in [-0.15, -0.1) is 0 Å². The van der Waals surface area contributed by atoms with Crippen molar-refractivity contribution in [2.75, 3.05) is 26.8 Å². The Morgan fingerprint density at radius 2 is 1.46 bits per heavy atom. The van der Waals surface area contributed by atoms with Gasteiger partial charge < -0.3 is 34.6 Å². The first-order valence-corrected chi connectivity index (χ1v) is 20.6. The maximum Gasteiger partial charge on any atom is 0.407 e. The first-order valence-electron chi connectivity index (χ1n) is 20.6. The lowest BCUT2D eigenvalue weighted by Gasteiger charge is -2.28. The highest BCUT2D eigenvalue weighted by atomic mass is 16.5. The number of methoxy groups -OCH3 is 1. The van der Waals surface area contributed by atoms with Gasteiger partial charge in [-0.2, -0.15) is 0 Å².